The van der Waals surface area contributed by atoms with Crippen molar-refractivity contribution in [3.05, 3.63) is 52.2 Å². The highest BCUT2D eigenvalue weighted by molar-refractivity contribution is 8.01. The molecule has 1 aliphatic rings. The number of benzene rings is 1. The van der Waals surface area contributed by atoms with E-state index in [1.807, 2.05) is 30.0 Å². The molecule has 1 aromatic heterocycles. The maximum Gasteiger partial charge on any atom is 0.236 e. The van der Waals surface area contributed by atoms with Gasteiger partial charge in [0.15, 0.2) is 0 Å². The molecule has 0 spiro atoms. The third-order valence-electron chi connectivity index (χ3n) is 3.81. The smallest absolute Gasteiger partial charge is 0.236 e. The van der Waals surface area contributed by atoms with Crippen LogP contribution in [0.15, 0.2) is 41.8 Å². The Kier molecular flexibility index (Phi) is 4.74. The number of hydrogen-bond donors (Lipinski definition) is 0. The first kappa shape index (κ1) is 15.4. The van der Waals surface area contributed by atoms with Gasteiger partial charge in [-0.3, -0.25) is 4.79 Å². The number of hydrogen-bond acceptors (Lipinski definition) is 4. The predicted octanol–water partition coefficient (Wildman–Crippen LogP) is 3.96. The second-order valence-corrected chi connectivity index (χ2v) is 7.73. The fraction of sp³-hybridized carbons (Fsp3) is 0.353. The van der Waals surface area contributed by atoms with Gasteiger partial charge in [0.05, 0.1) is 12.4 Å². The lowest BCUT2D eigenvalue weighted by atomic mass is 10.2. The average molecular weight is 333 g/mol. The van der Waals surface area contributed by atoms with Gasteiger partial charge in [0.1, 0.15) is 11.1 Å². The van der Waals surface area contributed by atoms with E-state index in [0.29, 0.717) is 0 Å². The minimum Gasteiger partial charge on any atom is -0.497 e. The standard InChI is InChI=1S/C17H19NO2S2/c1-12-16(19)18(9-8-15-7-4-10-21-15)17(22-12)13-5-3-6-14(11-13)20-2/h3-7,10-12,17H,8-9H2,1-2H3. The van der Waals surface area contributed by atoms with E-state index in [1.54, 1.807) is 30.2 Å². The number of amides is 1. The van der Waals surface area contributed by atoms with E-state index >= 15 is 0 Å². The van der Waals surface area contributed by atoms with Crippen LogP contribution < -0.4 is 4.74 Å². The first-order chi connectivity index (χ1) is 10.7. The van der Waals surface area contributed by atoms with Crippen LogP contribution >= 0.6 is 23.1 Å². The Morgan fingerprint density at radius 3 is 2.86 bits per heavy atom. The molecule has 3 rings (SSSR count). The summed E-state index contributed by atoms with van der Waals surface area (Å²) in [7, 11) is 1.67. The first-order valence-corrected chi connectivity index (χ1v) is 9.13. The van der Waals surface area contributed by atoms with E-state index in [0.717, 1.165) is 24.3 Å². The summed E-state index contributed by atoms with van der Waals surface area (Å²) in [5.74, 6) is 1.07. The Bertz CT molecular complexity index is 642. The topological polar surface area (TPSA) is 29.5 Å². The van der Waals surface area contributed by atoms with Crippen molar-refractivity contribution in [3.8, 4) is 5.75 Å². The molecule has 2 heterocycles. The molecule has 5 heteroatoms. The van der Waals surface area contributed by atoms with Crippen LogP contribution in [-0.2, 0) is 11.2 Å². The predicted molar refractivity (Wildman–Crippen MR) is 92.5 cm³/mol. The van der Waals surface area contributed by atoms with E-state index in [9.17, 15) is 4.79 Å². The maximum absolute atomic E-state index is 12.5. The summed E-state index contributed by atoms with van der Waals surface area (Å²) >= 11 is 3.46. The number of thiophene rings is 1. The number of thioether (sulfide) groups is 1. The van der Waals surface area contributed by atoms with Crippen LogP contribution in [0.5, 0.6) is 5.75 Å². The minimum absolute atomic E-state index is 0.0135. The van der Waals surface area contributed by atoms with Gasteiger partial charge in [0.2, 0.25) is 5.91 Å². The fourth-order valence-electron chi connectivity index (χ4n) is 2.64. The van der Waals surface area contributed by atoms with Crippen molar-refractivity contribution < 1.29 is 9.53 Å². The minimum atomic E-state index is 0.0135. The molecule has 1 amide bonds. The van der Waals surface area contributed by atoms with Crippen molar-refractivity contribution in [1.29, 1.82) is 0 Å². The summed E-state index contributed by atoms with van der Waals surface area (Å²) in [4.78, 5) is 15.8. The Morgan fingerprint density at radius 1 is 1.27 bits per heavy atom. The van der Waals surface area contributed by atoms with Crippen LogP contribution in [0.25, 0.3) is 0 Å². The molecular weight excluding hydrogens is 314 g/mol. The number of rotatable bonds is 5. The van der Waals surface area contributed by atoms with Crippen LogP contribution in [0.1, 0.15) is 22.7 Å². The summed E-state index contributed by atoms with van der Waals surface area (Å²) in [6, 6.07) is 12.2. The van der Waals surface area contributed by atoms with Crippen LogP contribution in [0.2, 0.25) is 0 Å². The number of methoxy groups -OCH3 is 1. The summed E-state index contributed by atoms with van der Waals surface area (Å²) in [5.41, 5.74) is 1.13. The zero-order valence-corrected chi connectivity index (χ0v) is 14.3. The third-order valence-corrected chi connectivity index (χ3v) is 6.14. The average Bonchev–Trinajstić information content (AvgIpc) is 3.15. The Labute approximate surface area is 139 Å². The highest BCUT2D eigenvalue weighted by atomic mass is 32.2. The van der Waals surface area contributed by atoms with Gasteiger partial charge < -0.3 is 9.64 Å². The fourth-order valence-corrected chi connectivity index (χ4v) is 4.64. The number of nitrogens with zero attached hydrogens (tertiary/aromatic N) is 1. The molecule has 1 saturated heterocycles. The Hall–Kier alpha value is -1.46. The third kappa shape index (κ3) is 3.15. The van der Waals surface area contributed by atoms with Crippen LogP contribution in [-0.4, -0.2) is 29.7 Å². The highest BCUT2D eigenvalue weighted by Crippen LogP contribution is 2.43. The van der Waals surface area contributed by atoms with Gasteiger partial charge >= 0.3 is 0 Å². The second-order valence-electron chi connectivity index (χ2n) is 5.27. The largest absolute Gasteiger partial charge is 0.497 e. The zero-order valence-electron chi connectivity index (χ0n) is 12.7. The Balaban J connectivity index is 1.79. The van der Waals surface area contributed by atoms with Gasteiger partial charge in [-0.2, -0.15) is 0 Å². The molecule has 2 aromatic rings. The van der Waals surface area contributed by atoms with Gasteiger partial charge in [-0.05, 0) is 42.5 Å². The molecule has 0 bridgehead atoms. The molecule has 1 aliphatic heterocycles. The van der Waals surface area contributed by atoms with Gasteiger partial charge in [-0.25, -0.2) is 0 Å². The lowest BCUT2D eigenvalue weighted by Crippen LogP contribution is -2.32. The van der Waals surface area contributed by atoms with Crippen molar-refractivity contribution in [2.75, 3.05) is 13.7 Å². The summed E-state index contributed by atoms with van der Waals surface area (Å²) < 4.78 is 5.31. The normalized spacial score (nSPS) is 21.4. The number of ether oxygens (including phenoxy) is 1. The monoisotopic (exact) mass is 333 g/mol. The molecule has 0 saturated carbocycles. The quantitative estimate of drug-likeness (QED) is 0.829. The second kappa shape index (κ2) is 6.75. The van der Waals surface area contributed by atoms with Gasteiger partial charge in [0, 0.05) is 11.4 Å². The molecule has 0 aliphatic carbocycles. The number of carbonyl (C=O) groups is 1. The molecular formula is C17H19NO2S2. The van der Waals surface area contributed by atoms with Crippen LogP contribution in [0, 0.1) is 0 Å². The van der Waals surface area contributed by atoms with E-state index < -0.39 is 0 Å². The van der Waals surface area contributed by atoms with E-state index in [4.69, 9.17) is 4.74 Å². The molecule has 0 N–H and O–H groups in total. The summed E-state index contributed by atoms with van der Waals surface area (Å²) in [5, 5.41) is 2.18. The lowest BCUT2D eigenvalue weighted by Gasteiger charge is -2.24. The van der Waals surface area contributed by atoms with Crippen molar-refractivity contribution in [2.45, 2.75) is 24.0 Å². The molecule has 0 radical (unpaired) electrons. The maximum atomic E-state index is 12.5. The van der Waals surface area contributed by atoms with Crippen molar-refractivity contribution in [2.24, 2.45) is 0 Å². The molecule has 116 valence electrons. The van der Waals surface area contributed by atoms with Crippen LogP contribution in [0.3, 0.4) is 0 Å². The SMILES string of the molecule is COc1cccc(C2SC(C)C(=O)N2CCc2cccs2)c1. The van der Waals surface area contributed by atoms with Gasteiger partial charge in [0.25, 0.3) is 0 Å². The molecule has 22 heavy (non-hydrogen) atoms. The summed E-state index contributed by atoms with van der Waals surface area (Å²) in [6.45, 7) is 2.75. The first-order valence-electron chi connectivity index (χ1n) is 7.31. The van der Waals surface area contributed by atoms with E-state index in [-0.39, 0.29) is 16.5 Å². The van der Waals surface area contributed by atoms with Gasteiger partial charge in [-0.1, -0.05) is 18.2 Å². The molecule has 2 atom stereocenters. The highest BCUT2D eigenvalue weighted by Gasteiger charge is 2.38. The van der Waals surface area contributed by atoms with Crippen molar-refractivity contribution in [3.63, 3.8) is 0 Å². The molecule has 1 fully saturated rings. The Morgan fingerprint density at radius 2 is 2.14 bits per heavy atom. The van der Waals surface area contributed by atoms with Gasteiger partial charge in [-0.15, -0.1) is 23.1 Å². The van der Waals surface area contributed by atoms with E-state index in [2.05, 4.69) is 23.6 Å². The lowest BCUT2D eigenvalue weighted by molar-refractivity contribution is -0.129. The summed E-state index contributed by atoms with van der Waals surface area (Å²) in [6.07, 6.45) is 0.914. The van der Waals surface area contributed by atoms with Crippen LogP contribution in [0.4, 0.5) is 0 Å². The molecule has 3 nitrogen and oxygen atoms in total. The van der Waals surface area contributed by atoms with Crippen molar-refractivity contribution in [1.82, 2.24) is 4.90 Å². The van der Waals surface area contributed by atoms with Crippen molar-refractivity contribution >= 4 is 29.0 Å². The molecule has 2 unspecified atom stereocenters. The number of carbonyl (C=O) groups excluding carboxylic acids is 1. The zero-order chi connectivity index (χ0) is 15.5. The molecule has 1 aromatic carbocycles. The van der Waals surface area contributed by atoms with E-state index in [1.165, 1.54) is 4.88 Å².